The maximum atomic E-state index is 12.3. The van der Waals surface area contributed by atoms with Crippen molar-refractivity contribution in [2.75, 3.05) is 6.61 Å². The lowest BCUT2D eigenvalue weighted by Gasteiger charge is -2.19. The number of aryl methyl sites for hydroxylation is 1. The lowest BCUT2D eigenvalue weighted by atomic mass is 10.2. The highest BCUT2D eigenvalue weighted by molar-refractivity contribution is 8.18. The third kappa shape index (κ3) is 3.02. The molecule has 1 aliphatic rings. The zero-order valence-electron chi connectivity index (χ0n) is 12.0. The van der Waals surface area contributed by atoms with Crippen molar-refractivity contribution >= 4 is 35.0 Å². The Morgan fingerprint density at radius 3 is 2.76 bits per heavy atom. The van der Waals surface area contributed by atoms with Gasteiger partial charge in [0, 0.05) is 18.9 Å². The minimum absolute atomic E-state index is 0.207. The fourth-order valence-corrected chi connectivity index (χ4v) is 2.83. The van der Waals surface area contributed by atoms with Crippen LogP contribution >= 0.6 is 11.8 Å². The SMILES string of the molecule is CCOC(=O)[C@@H](C)N1C(=O)S/C(=C/c2cccn2C)C1=O. The lowest BCUT2D eigenvalue weighted by molar-refractivity contribution is -0.150. The molecular formula is C14H16N2O4S. The van der Waals surface area contributed by atoms with Gasteiger partial charge in [0.15, 0.2) is 0 Å². The molecule has 0 aliphatic carbocycles. The van der Waals surface area contributed by atoms with E-state index in [-0.39, 0.29) is 6.61 Å². The number of ether oxygens (including phenoxy) is 1. The van der Waals surface area contributed by atoms with Crippen LogP contribution in [0.4, 0.5) is 4.79 Å². The van der Waals surface area contributed by atoms with E-state index >= 15 is 0 Å². The molecule has 1 atom stereocenters. The van der Waals surface area contributed by atoms with Gasteiger partial charge in [0.2, 0.25) is 0 Å². The number of carbonyl (C=O) groups is 3. The van der Waals surface area contributed by atoms with Crippen LogP contribution in [0.2, 0.25) is 0 Å². The fourth-order valence-electron chi connectivity index (χ4n) is 1.94. The van der Waals surface area contributed by atoms with Gasteiger partial charge in [-0.25, -0.2) is 4.79 Å². The summed E-state index contributed by atoms with van der Waals surface area (Å²) in [5, 5.41) is -0.457. The Morgan fingerprint density at radius 1 is 1.48 bits per heavy atom. The molecule has 0 aromatic carbocycles. The van der Waals surface area contributed by atoms with Crippen molar-refractivity contribution in [2.24, 2.45) is 7.05 Å². The van der Waals surface area contributed by atoms with Gasteiger partial charge >= 0.3 is 5.97 Å². The van der Waals surface area contributed by atoms with Gasteiger partial charge in [-0.2, -0.15) is 0 Å². The van der Waals surface area contributed by atoms with E-state index in [0.717, 1.165) is 22.4 Å². The molecule has 0 unspecified atom stereocenters. The van der Waals surface area contributed by atoms with E-state index < -0.39 is 23.2 Å². The van der Waals surface area contributed by atoms with Crippen molar-refractivity contribution in [3.63, 3.8) is 0 Å². The lowest BCUT2D eigenvalue weighted by Crippen LogP contribution is -2.42. The van der Waals surface area contributed by atoms with Gasteiger partial charge in [-0.15, -0.1) is 0 Å². The molecule has 6 nitrogen and oxygen atoms in total. The van der Waals surface area contributed by atoms with Gasteiger partial charge in [0.1, 0.15) is 6.04 Å². The third-order valence-electron chi connectivity index (χ3n) is 3.10. The zero-order valence-corrected chi connectivity index (χ0v) is 12.8. The summed E-state index contributed by atoms with van der Waals surface area (Å²) in [5.41, 5.74) is 0.810. The predicted molar refractivity (Wildman–Crippen MR) is 79.3 cm³/mol. The average molecular weight is 308 g/mol. The Kier molecular flexibility index (Phi) is 4.52. The average Bonchev–Trinajstić information content (AvgIpc) is 2.95. The first-order valence-corrected chi connectivity index (χ1v) is 7.32. The molecule has 1 aromatic rings. The van der Waals surface area contributed by atoms with Crippen LogP contribution in [0.3, 0.4) is 0 Å². The van der Waals surface area contributed by atoms with Crippen molar-refractivity contribution < 1.29 is 19.1 Å². The van der Waals surface area contributed by atoms with Crippen LogP contribution < -0.4 is 0 Å². The first-order valence-electron chi connectivity index (χ1n) is 6.50. The molecule has 0 N–H and O–H groups in total. The maximum absolute atomic E-state index is 12.3. The Morgan fingerprint density at radius 2 is 2.19 bits per heavy atom. The number of thioether (sulfide) groups is 1. The Balaban J connectivity index is 2.23. The summed E-state index contributed by atoms with van der Waals surface area (Å²) in [7, 11) is 1.84. The molecule has 112 valence electrons. The number of aromatic nitrogens is 1. The summed E-state index contributed by atoms with van der Waals surface area (Å²) < 4.78 is 6.69. The van der Waals surface area contributed by atoms with Crippen molar-refractivity contribution in [3.8, 4) is 0 Å². The van der Waals surface area contributed by atoms with Gasteiger partial charge in [-0.3, -0.25) is 14.5 Å². The second kappa shape index (κ2) is 6.17. The number of rotatable bonds is 4. The molecule has 1 saturated heterocycles. The van der Waals surface area contributed by atoms with Crippen LogP contribution in [0, 0.1) is 0 Å². The van der Waals surface area contributed by atoms with Gasteiger partial charge in [-0.05, 0) is 43.8 Å². The van der Waals surface area contributed by atoms with E-state index in [1.54, 1.807) is 13.0 Å². The highest BCUT2D eigenvalue weighted by atomic mass is 32.2. The van der Waals surface area contributed by atoms with Crippen molar-refractivity contribution in [3.05, 3.63) is 28.9 Å². The van der Waals surface area contributed by atoms with Crippen LogP contribution in [0.25, 0.3) is 6.08 Å². The number of amides is 2. The monoisotopic (exact) mass is 308 g/mol. The van der Waals surface area contributed by atoms with E-state index in [2.05, 4.69) is 0 Å². The molecular weight excluding hydrogens is 292 g/mol. The Labute approximate surface area is 126 Å². The van der Waals surface area contributed by atoms with E-state index in [9.17, 15) is 14.4 Å². The van der Waals surface area contributed by atoms with Crippen LogP contribution in [-0.4, -0.2) is 39.2 Å². The molecule has 2 heterocycles. The summed E-state index contributed by atoms with van der Waals surface area (Å²) in [6, 6.07) is 2.76. The summed E-state index contributed by atoms with van der Waals surface area (Å²) in [4.78, 5) is 37.2. The van der Waals surface area contributed by atoms with Gasteiger partial charge in [0.05, 0.1) is 11.5 Å². The second-order valence-electron chi connectivity index (χ2n) is 4.52. The molecule has 1 fully saturated rings. The van der Waals surface area contributed by atoms with Crippen LogP contribution in [0.5, 0.6) is 0 Å². The molecule has 1 aromatic heterocycles. The van der Waals surface area contributed by atoms with E-state index in [1.165, 1.54) is 6.92 Å². The van der Waals surface area contributed by atoms with Crippen LogP contribution in [0.15, 0.2) is 23.2 Å². The van der Waals surface area contributed by atoms with E-state index in [4.69, 9.17) is 4.74 Å². The molecule has 0 saturated carbocycles. The molecule has 1 aliphatic heterocycles. The number of nitrogens with zero attached hydrogens (tertiary/aromatic N) is 2. The molecule has 2 amide bonds. The largest absolute Gasteiger partial charge is 0.464 e. The highest BCUT2D eigenvalue weighted by Crippen LogP contribution is 2.33. The van der Waals surface area contributed by atoms with Crippen LogP contribution in [0.1, 0.15) is 19.5 Å². The second-order valence-corrected chi connectivity index (χ2v) is 5.52. The van der Waals surface area contributed by atoms with E-state index in [1.807, 2.05) is 29.9 Å². The molecule has 0 spiro atoms. The van der Waals surface area contributed by atoms with Gasteiger partial charge in [0.25, 0.3) is 11.1 Å². The standard InChI is InChI=1S/C14H16N2O4S/c1-4-20-13(18)9(2)16-12(17)11(21-14(16)19)8-10-6-5-7-15(10)3/h5-9H,4H2,1-3H3/b11-8+/t9-/m1/s1. The summed E-state index contributed by atoms with van der Waals surface area (Å²) in [5.74, 6) is -1.05. The minimum atomic E-state index is -0.920. The van der Waals surface area contributed by atoms with Gasteiger partial charge in [-0.1, -0.05) is 0 Å². The Bertz CT molecular complexity index is 620. The first-order chi connectivity index (χ1) is 9.95. The normalized spacial score (nSPS) is 18.4. The first kappa shape index (κ1) is 15.4. The predicted octanol–water partition coefficient (Wildman–Crippen LogP) is 2.01. The quantitative estimate of drug-likeness (QED) is 0.629. The van der Waals surface area contributed by atoms with Crippen LogP contribution in [-0.2, 0) is 21.4 Å². The minimum Gasteiger partial charge on any atom is -0.464 e. The van der Waals surface area contributed by atoms with Crippen molar-refractivity contribution in [2.45, 2.75) is 19.9 Å². The Hall–Kier alpha value is -2.02. The number of hydrogen-bond donors (Lipinski definition) is 0. The maximum Gasteiger partial charge on any atom is 0.329 e. The zero-order chi connectivity index (χ0) is 15.6. The molecule has 21 heavy (non-hydrogen) atoms. The highest BCUT2D eigenvalue weighted by Gasteiger charge is 2.41. The van der Waals surface area contributed by atoms with Gasteiger partial charge < -0.3 is 9.30 Å². The number of esters is 1. The molecule has 0 radical (unpaired) electrons. The topological polar surface area (TPSA) is 68.6 Å². The third-order valence-corrected chi connectivity index (χ3v) is 3.99. The number of hydrogen-bond acceptors (Lipinski definition) is 5. The summed E-state index contributed by atoms with van der Waals surface area (Å²) in [6.07, 6.45) is 3.49. The van der Waals surface area contributed by atoms with Crippen molar-refractivity contribution in [1.82, 2.24) is 9.47 Å². The van der Waals surface area contributed by atoms with Crippen molar-refractivity contribution in [1.29, 1.82) is 0 Å². The fraction of sp³-hybridized carbons (Fsp3) is 0.357. The molecule has 2 rings (SSSR count). The summed E-state index contributed by atoms with van der Waals surface area (Å²) in [6.45, 7) is 3.37. The number of carbonyl (C=O) groups excluding carboxylic acids is 3. The summed E-state index contributed by atoms with van der Waals surface area (Å²) >= 11 is 0.830. The molecule has 0 bridgehead atoms. The molecule has 7 heteroatoms. The smallest absolute Gasteiger partial charge is 0.329 e. The van der Waals surface area contributed by atoms with E-state index in [0.29, 0.717) is 4.91 Å². The number of imide groups is 1.